The van der Waals surface area contributed by atoms with Gasteiger partial charge in [0.1, 0.15) is 29.3 Å². The van der Waals surface area contributed by atoms with Gasteiger partial charge in [-0.1, -0.05) is 43.3 Å². The molecule has 2 N–H and O–H groups in total. The van der Waals surface area contributed by atoms with Crippen LogP contribution in [0.3, 0.4) is 0 Å². The summed E-state index contributed by atoms with van der Waals surface area (Å²) in [5.74, 6) is -5.06. The number of hydrogen-bond acceptors (Lipinski definition) is 6. The van der Waals surface area contributed by atoms with E-state index in [0.717, 1.165) is 12.5 Å². The van der Waals surface area contributed by atoms with Gasteiger partial charge >= 0.3 is 12.1 Å². The van der Waals surface area contributed by atoms with Crippen molar-refractivity contribution >= 4 is 39.2 Å². The summed E-state index contributed by atoms with van der Waals surface area (Å²) >= 11 is 0. The van der Waals surface area contributed by atoms with Crippen molar-refractivity contribution in [3.63, 3.8) is 0 Å². The maximum Gasteiger partial charge on any atom is 0.408 e. The summed E-state index contributed by atoms with van der Waals surface area (Å²) < 4.78 is 75.8. The minimum Gasteiger partial charge on any atom is -0.467 e. The molecule has 0 saturated carbocycles. The summed E-state index contributed by atoms with van der Waals surface area (Å²) in [6.07, 6.45) is -1.99. The van der Waals surface area contributed by atoms with Crippen LogP contribution in [-0.2, 0) is 23.0 Å². The Balaban J connectivity index is 1.47. The van der Waals surface area contributed by atoms with Crippen LogP contribution in [0.1, 0.15) is 29.3 Å². The number of rotatable bonds is 9. The minimum absolute atomic E-state index is 0.161. The first-order valence-electron chi connectivity index (χ1n) is 14.5. The van der Waals surface area contributed by atoms with Crippen molar-refractivity contribution in [2.24, 2.45) is 7.05 Å². The van der Waals surface area contributed by atoms with E-state index in [9.17, 15) is 36.3 Å². The number of aromatic nitrogens is 2. The summed E-state index contributed by atoms with van der Waals surface area (Å²) in [4.78, 5) is 43.4. The third-order valence-electron chi connectivity index (χ3n) is 7.96. The lowest BCUT2D eigenvalue weighted by Gasteiger charge is -2.22. The van der Waals surface area contributed by atoms with Crippen molar-refractivity contribution < 1.29 is 36.3 Å². The number of carbonyl (C=O) groups is 2. The van der Waals surface area contributed by atoms with Gasteiger partial charge < -0.3 is 19.9 Å². The van der Waals surface area contributed by atoms with Crippen LogP contribution >= 0.6 is 0 Å². The SMILES string of the molecule is CC[C@@H](Nc1cc(F)c(C(=O)N[C@@H](Cc2ccc(-c3cc4cnccc4n(C)c3=O)c3ccccc23)C(=O)OC)c(F)c1)C(F)(F)F. The number of hydrogen-bond donors (Lipinski definition) is 2. The molecule has 0 aliphatic rings. The largest absolute Gasteiger partial charge is 0.467 e. The quantitative estimate of drug-likeness (QED) is 0.143. The maximum absolute atomic E-state index is 15.0. The third kappa shape index (κ3) is 6.64. The summed E-state index contributed by atoms with van der Waals surface area (Å²) in [5, 5.41) is 6.40. The monoisotopic (exact) mass is 652 g/mol. The molecule has 0 bridgehead atoms. The number of methoxy groups -OCH3 is 1. The summed E-state index contributed by atoms with van der Waals surface area (Å²) in [5.41, 5.74) is 0.464. The Morgan fingerprint density at radius 3 is 2.30 bits per heavy atom. The van der Waals surface area contributed by atoms with E-state index in [1.807, 2.05) is 5.32 Å². The Bertz CT molecular complexity index is 2040. The predicted molar refractivity (Wildman–Crippen MR) is 167 cm³/mol. The number of aryl methyl sites for hydroxylation is 1. The molecule has 2 heterocycles. The molecule has 1 amide bonds. The van der Waals surface area contributed by atoms with Crippen molar-refractivity contribution in [1.29, 1.82) is 0 Å². The molecule has 2 atom stereocenters. The zero-order chi connectivity index (χ0) is 34.0. The smallest absolute Gasteiger partial charge is 0.408 e. The average Bonchev–Trinajstić information content (AvgIpc) is 3.04. The minimum atomic E-state index is -4.67. The van der Waals surface area contributed by atoms with Gasteiger partial charge in [-0.05, 0) is 52.6 Å². The molecule has 0 aliphatic carbocycles. The normalized spacial score (nSPS) is 12.9. The second-order valence-corrected chi connectivity index (χ2v) is 10.9. The van der Waals surface area contributed by atoms with Gasteiger partial charge in [0.25, 0.3) is 11.5 Å². The van der Waals surface area contributed by atoms with E-state index >= 15 is 0 Å². The molecule has 0 saturated heterocycles. The number of carbonyl (C=O) groups excluding carboxylic acids is 2. The number of anilines is 1. The molecule has 13 heteroatoms. The first kappa shape index (κ1) is 33.0. The van der Waals surface area contributed by atoms with Crippen molar-refractivity contribution in [3.8, 4) is 11.1 Å². The molecule has 5 rings (SSSR count). The second kappa shape index (κ2) is 13.2. The Labute approximate surface area is 265 Å². The van der Waals surface area contributed by atoms with E-state index in [0.29, 0.717) is 45.1 Å². The van der Waals surface area contributed by atoms with Gasteiger partial charge in [0.15, 0.2) is 0 Å². The van der Waals surface area contributed by atoms with Crippen LogP contribution in [0.15, 0.2) is 77.9 Å². The number of ether oxygens (including phenoxy) is 1. The topological polar surface area (TPSA) is 102 Å². The van der Waals surface area contributed by atoms with Gasteiger partial charge in [0.2, 0.25) is 0 Å². The molecule has 47 heavy (non-hydrogen) atoms. The number of nitrogens with one attached hydrogen (secondary N) is 2. The number of alkyl halides is 3. The highest BCUT2D eigenvalue weighted by Crippen LogP contribution is 2.32. The standard InChI is InChI=1S/C34H29F5N4O4/c1-4-29(34(37,38)39)41-20-15-25(35)30(26(36)16-20)31(44)42-27(33(46)47-3)14-18-9-10-23(22-8-6-5-7-21(18)22)24-13-19-17-40-12-11-28(19)43(2)32(24)45/h5-13,15-17,27,29,41H,4,14H2,1-3H3,(H,42,44)/t27-,29+/m0/s1. The first-order chi connectivity index (χ1) is 22.3. The second-order valence-electron chi connectivity index (χ2n) is 10.9. The molecule has 244 valence electrons. The summed E-state index contributed by atoms with van der Waals surface area (Å²) in [6, 6.07) is 11.7. The van der Waals surface area contributed by atoms with Crippen molar-refractivity contribution in [2.75, 3.05) is 12.4 Å². The summed E-state index contributed by atoms with van der Waals surface area (Å²) in [7, 11) is 2.74. The molecule has 3 aromatic carbocycles. The van der Waals surface area contributed by atoms with E-state index in [2.05, 4.69) is 10.3 Å². The van der Waals surface area contributed by atoms with Crippen LogP contribution in [0, 0.1) is 11.6 Å². The molecule has 0 unspecified atom stereocenters. The van der Waals surface area contributed by atoms with E-state index in [1.165, 1.54) is 11.5 Å². The molecule has 0 fully saturated rings. The lowest BCUT2D eigenvalue weighted by molar-refractivity contribution is -0.143. The third-order valence-corrected chi connectivity index (χ3v) is 7.96. The molecule has 5 aromatic rings. The van der Waals surface area contributed by atoms with Gasteiger partial charge in [-0.2, -0.15) is 13.2 Å². The van der Waals surface area contributed by atoms with E-state index in [1.54, 1.807) is 68.0 Å². The van der Waals surface area contributed by atoms with E-state index < -0.39 is 59.4 Å². The fourth-order valence-electron chi connectivity index (χ4n) is 5.57. The maximum atomic E-state index is 15.0. The molecule has 8 nitrogen and oxygen atoms in total. The fourth-order valence-corrected chi connectivity index (χ4v) is 5.57. The van der Waals surface area contributed by atoms with Crippen LogP contribution < -0.4 is 16.2 Å². The Morgan fingerprint density at radius 2 is 1.66 bits per heavy atom. The van der Waals surface area contributed by atoms with E-state index in [-0.39, 0.29) is 12.0 Å². The number of benzene rings is 3. The number of halogens is 5. The average molecular weight is 653 g/mol. The Hall–Kier alpha value is -5.33. The van der Waals surface area contributed by atoms with Crippen LogP contribution in [0.4, 0.5) is 27.6 Å². The van der Waals surface area contributed by atoms with E-state index in [4.69, 9.17) is 4.74 Å². The van der Waals surface area contributed by atoms with Gasteiger partial charge in [0.05, 0.1) is 12.6 Å². The van der Waals surface area contributed by atoms with Crippen LogP contribution in [-0.4, -0.2) is 46.8 Å². The highest BCUT2D eigenvalue weighted by atomic mass is 19.4. The van der Waals surface area contributed by atoms with Crippen LogP contribution in [0.5, 0.6) is 0 Å². The van der Waals surface area contributed by atoms with Gasteiger partial charge in [-0.25, -0.2) is 13.6 Å². The molecule has 0 radical (unpaired) electrons. The number of amides is 1. The van der Waals surface area contributed by atoms with Gasteiger partial charge in [0, 0.05) is 42.5 Å². The Kier molecular flexibility index (Phi) is 9.27. The van der Waals surface area contributed by atoms with Crippen LogP contribution in [0.25, 0.3) is 32.8 Å². The Morgan fingerprint density at radius 1 is 0.979 bits per heavy atom. The molecule has 2 aromatic heterocycles. The molecule has 0 aliphatic heterocycles. The predicted octanol–water partition coefficient (Wildman–Crippen LogP) is 6.30. The molecular formula is C34H29F5N4O4. The fraction of sp³-hybridized carbons (Fsp3) is 0.235. The molecular weight excluding hydrogens is 623 g/mol. The number of esters is 1. The summed E-state index contributed by atoms with van der Waals surface area (Å²) in [6.45, 7) is 1.26. The van der Waals surface area contributed by atoms with Crippen molar-refractivity contribution in [2.45, 2.75) is 38.0 Å². The number of pyridine rings is 2. The lowest BCUT2D eigenvalue weighted by atomic mass is 9.92. The first-order valence-corrected chi connectivity index (χ1v) is 14.5. The van der Waals surface area contributed by atoms with Crippen molar-refractivity contribution in [3.05, 3.63) is 106 Å². The van der Waals surface area contributed by atoms with Crippen LogP contribution in [0.2, 0.25) is 0 Å². The zero-order valence-corrected chi connectivity index (χ0v) is 25.4. The van der Waals surface area contributed by atoms with Crippen molar-refractivity contribution in [1.82, 2.24) is 14.9 Å². The number of fused-ring (bicyclic) bond motifs is 2. The lowest BCUT2D eigenvalue weighted by Crippen LogP contribution is -2.43. The zero-order valence-electron chi connectivity index (χ0n) is 25.4. The molecule has 0 spiro atoms. The van der Waals surface area contributed by atoms with Gasteiger partial charge in [-0.15, -0.1) is 0 Å². The highest BCUT2D eigenvalue weighted by molar-refractivity contribution is 6.01. The number of nitrogens with zero attached hydrogens (tertiary/aromatic N) is 2. The van der Waals surface area contributed by atoms with Gasteiger partial charge in [-0.3, -0.25) is 14.6 Å². The highest BCUT2D eigenvalue weighted by Gasteiger charge is 2.38.